The van der Waals surface area contributed by atoms with Gasteiger partial charge in [-0.3, -0.25) is 14.4 Å². The van der Waals surface area contributed by atoms with Gasteiger partial charge in [-0.1, -0.05) is 18.2 Å². The summed E-state index contributed by atoms with van der Waals surface area (Å²) >= 11 is 0. The predicted octanol–water partition coefficient (Wildman–Crippen LogP) is 6.00. The molecule has 3 aromatic carbocycles. The molecule has 0 saturated heterocycles. The Morgan fingerprint density at radius 1 is 0.722 bits per heavy atom. The number of ether oxygens (including phenoxy) is 2. The van der Waals surface area contributed by atoms with E-state index in [0.29, 0.717) is 23.5 Å². The highest BCUT2D eigenvalue weighted by molar-refractivity contribution is 5.94. The van der Waals surface area contributed by atoms with Crippen molar-refractivity contribution < 1.29 is 23.9 Å². The molecule has 0 aliphatic carbocycles. The van der Waals surface area contributed by atoms with E-state index in [1.54, 1.807) is 30.3 Å². The Hall–Kier alpha value is -4.13. The third-order valence-corrected chi connectivity index (χ3v) is 5.88. The van der Waals surface area contributed by atoms with Crippen LogP contribution in [0.3, 0.4) is 0 Å². The van der Waals surface area contributed by atoms with Crippen molar-refractivity contribution in [3.8, 4) is 11.5 Å². The molecule has 188 valence electrons. The smallest absolute Gasteiger partial charge is 0.306 e. The number of rotatable bonds is 10. The van der Waals surface area contributed by atoms with Gasteiger partial charge >= 0.3 is 5.97 Å². The third kappa shape index (κ3) is 7.98. The second-order valence-electron chi connectivity index (χ2n) is 8.73. The van der Waals surface area contributed by atoms with Gasteiger partial charge < -0.3 is 20.1 Å². The molecule has 0 saturated carbocycles. The van der Waals surface area contributed by atoms with Gasteiger partial charge in [0.2, 0.25) is 5.91 Å². The standard InChI is InChI=1S/C29H32N2O5/c1-19-11-14-25(17-21(19)3)36-24-15-12-23(13-16-24)30-27(32)9-6-10-29(34)35-18-28(33)31-26-8-5-7-20(2)22(26)4/h5,7-8,11-17H,6,9-10,18H2,1-4H3,(H,30,32)(H,31,33). The van der Waals surface area contributed by atoms with E-state index in [4.69, 9.17) is 9.47 Å². The van der Waals surface area contributed by atoms with E-state index in [2.05, 4.69) is 10.6 Å². The molecule has 3 aromatic rings. The second-order valence-corrected chi connectivity index (χ2v) is 8.73. The maximum Gasteiger partial charge on any atom is 0.306 e. The minimum absolute atomic E-state index is 0.0485. The maximum atomic E-state index is 12.2. The van der Waals surface area contributed by atoms with E-state index in [0.717, 1.165) is 22.4 Å². The van der Waals surface area contributed by atoms with E-state index in [1.165, 1.54) is 5.56 Å². The molecule has 0 radical (unpaired) electrons. The lowest BCUT2D eigenvalue weighted by Crippen LogP contribution is -2.21. The van der Waals surface area contributed by atoms with E-state index in [9.17, 15) is 14.4 Å². The summed E-state index contributed by atoms with van der Waals surface area (Å²) in [6, 6.07) is 18.6. The van der Waals surface area contributed by atoms with Crippen LogP contribution in [0.15, 0.2) is 60.7 Å². The summed E-state index contributed by atoms with van der Waals surface area (Å²) in [7, 11) is 0. The fraction of sp³-hybridized carbons (Fsp3) is 0.276. The van der Waals surface area contributed by atoms with Crippen molar-refractivity contribution in [2.45, 2.75) is 47.0 Å². The van der Waals surface area contributed by atoms with Crippen molar-refractivity contribution in [3.63, 3.8) is 0 Å². The molecule has 7 heteroatoms. The van der Waals surface area contributed by atoms with Gasteiger partial charge in [0.25, 0.3) is 5.91 Å². The molecule has 0 fully saturated rings. The molecule has 2 amide bonds. The molecule has 7 nitrogen and oxygen atoms in total. The zero-order chi connectivity index (χ0) is 26.1. The molecule has 0 aliphatic heterocycles. The number of carbonyl (C=O) groups is 3. The van der Waals surface area contributed by atoms with Gasteiger partial charge in [0.05, 0.1) is 0 Å². The van der Waals surface area contributed by atoms with Crippen molar-refractivity contribution in [3.05, 3.63) is 82.9 Å². The SMILES string of the molecule is Cc1ccc(Oc2ccc(NC(=O)CCCC(=O)OCC(=O)Nc3cccc(C)c3C)cc2)cc1C. The number of carbonyl (C=O) groups excluding carboxylic acids is 3. The van der Waals surface area contributed by atoms with Crippen LogP contribution in [0.2, 0.25) is 0 Å². The van der Waals surface area contributed by atoms with Crippen molar-refractivity contribution in [2.24, 2.45) is 0 Å². The Morgan fingerprint density at radius 3 is 2.17 bits per heavy atom. The highest BCUT2D eigenvalue weighted by Gasteiger charge is 2.11. The van der Waals surface area contributed by atoms with Crippen LogP contribution in [-0.2, 0) is 19.1 Å². The monoisotopic (exact) mass is 488 g/mol. The topological polar surface area (TPSA) is 93.7 Å². The molecule has 0 aliphatic rings. The largest absolute Gasteiger partial charge is 0.457 e. The maximum absolute atomic E-state index is 12.2. The van der Waals surface area contributed by atoms with Crippen molar-refractivity contribution in [1.29, 1.82) is 0 Å². The highest BCUT2D eigenvalue weighted by Crippen LogP contribution is 2.25. The van der Waals surface area contributed by atoms with Gasteiger partial charge in [-0.25, -0.2) is 0 Å². The molecule has 0 unspecified atom stereocenters. The highest BCUT2D eigenvalue weighted by atomic mass is 16.5. The van der Waals surface area contributed by atoms with Gasteiger partial charge in [-0.05, 0) is 98.8 Å². The molecule has 0 heterocycles. The fourth-order valence-electron chi connectivity index (χ4n) is 3.43. The molecule has 3 rings (SSSR count). The Kier molecular flexibility index (Phi) is 9.22. The predicted molar refractivity (Wildman–Crippen MR) is 140 cm³/mol. The molecule has 0 spiro atoms. The molecular weight excluding hydrogens is 456 g/mol. The second kappa shape index (κ2) is 12.5. The zero-order valence-corrected chi connectivity index (χ0v) is 21.1. The lowest BCUT2D eigenvalue weighted by Gasteiger charge is -2.11. The van der Waals surface area contributed by atoms with Crippen LogP contribution in [0.5, 0.6) is 11.5 Å². The van der Waals surface area contributed by atoms with Crippen molar-refractivity contribution in [1.82, 2.24) is 0 Å². The van der Waals surface area contributed by atoms with E-state index in [1.807, 2.05) is 58.0 Å². The molecule has 0 bridgehead atoms. The number of benzene rings is 3. The van der Waals surface area contributed by atoms with Gasteiger partial charge in [-0.2, -0.15) is 0 Å². The summed E-state index contributed by atoms with van der Waals surface area (Å²) in [5, 5.41) is 5.54. The van der Waals surface area contributed by atoms with Crippen LogP contribution < -0.4 is 15.4 Å². The first-order valence-corrected chi connectivity index (χ1v) is 11.9. The van der Waals surface area contributed by atoms with Crippen molar-refractivity contribution in [2.75, 3.05) is 17.2 Å². The van der Waals surface area contributed by atoms with Crippen LogP contribution in [0.4, 0.5) is 11.4 Å². The van der Waals surface area contributed by atoms with Gasteiger partial charge in [0.15, 0.2) is 6.61 Å². The van der Waals surface area contributed by atoms with Crippen LogP contribution in [-0.4, -0.2) is 24.4 Å². The quantitative estimate of drug-likeness (QED) is 0.341. The normalized spacial score (nSPS) is 10.4. The Bertz CT molecular complexity index is 1230. The first kappa shape index (κ1) is 26.5. The van der Waals surface area contributed by atoms with Gasteiger partial charge in [-0.15, -0.1) is 0 Å². The molecular formula is C29H32N2O5. The summed E-state index contributed by atoms with van der Waals surface area (Å²) in [5.74, 6) is 0.287. The first-order valence-electron chi connectivity index (χ1n) is 11.9. The zero-order valence-electron chi connectivity index (χ0n) is 21.1. The molecule has 36 heavy (non-hydrogen) atoms. The summed E-state index contributed by atoms with van der Waals surface area (Å²) in [5.41, 5.74) is 5.71. The Labute approximate surface area is 211 Å². The number of hydrogen-bond acceptors (Lipinski definition) is 5. The lowest BCUT2D eigenvalue weighted by atomic mass is 10.1. The summed E-state index contributed by atoms with van der Waals surface area (Å²) in [4.78, 5) is 36.2. The third-order valence-electron chi connectivity index (χ3n) is 5.88. The van der Waals surface area contributed by atoms with Gasteiger partial charge in [0, 0.05) is 24.2 Å². The average molecular weight is 489 g/mol. The van der Waals surface area contributed by atoms with Crippen LogP contribution >= 0.6 is 0 Å². The summed E-state index contributed by atoms with van der Waals surface area (Å²) in [6.07, 6.45) is 0.523. The molecule has 0 aromatic heterocycles. The first-order chi connectivity index (χ1) is 17.2. The minimum Gasteiger partial charge on any atom is -0.457 e. The summed E-state index contributed by atoms with van der Waals surface area (Å²) in [6.45, 7) is 7.58. The van der Waals surface area contributed by atoms with Crippen LogP contribution in [0, 0.1) is 27.7 Å². The van der Waals surface area contributed by atoms with E-state index in [-0.39, 0.29) is 25.4 Å². The van der Waals surface area contributed by atoms with Gasteiger partial charge in [0.1, 0.15) is 11.5 Å². The molecule has 0 atom stereocenters. The summed E-state index contributed by atoms with van der Waals surface area (Å²) < 4.78 is 10.9. The average Bonchev–Trinajstić information content (AvgIpc) is 2.84. The molecule has 2 N–H and O–H groups in total. The number of esters is 1. The number of aryl methyl sites for hydroxylation is 3. The van der Waals surface area contributed by atoms with Crippen LogP contribution in [0.25, 0.3) is 0 Å². The van der Waals surface area contributed by atoms with E-state index < -0.39 is 11.9 Å². The van der Waals surface area contributed by atoms with Crippen molar-refractivity contribution >= 4 is 29.2 Å². The Balaban J connectivity index is 1.35. The Morgan fingerprint density at radius 2 is 1.44 bits per heavy atom. The number of hydrogen-bond donors (Lipinski definition) is 2. The number of amides is 2. The van der Waals surface area contributed by atoms with Crippen LogP contribution in [0.1, 0.15) is 41.5 Å². The number of anilines is 2. The minimum atomic E-state index is -0.522. The van der Waals surface area contributed by atoms with E-state index >= 15 is 0 Å². The lowest BCUT2D eigenvalue weighted by molar-refractivity contribution is -0.147. The fourth-order valence-corrected chi connectivity index (χ4v) is 3.43. The number of nitrogens with one attached hydrogen (secondary N) is 2.